The van der Waals surface area contributed by atoms with Gasteiger partial charge in [-0.15, -0.1) is 0 Å². The smallest absolute Gasteiger partial charge is 0.0841 e. The van der Waals surface area contributed by atoms with E-state index < -0.39 is 0 Å². The first-order valence-electron chi connectivity index (χ1n) is 7.37. The summed E-state index contributed by atoms with van der Waals surface area (Å²) in [5.41, 5.74) is 2.43. The number of para-hydroxylation sites is 1. The topological polar surface area (TPSA) is 29.9 Å². The van der Waals surface area contributed by atoms with Crippen LogP contribution in [0.25, 0.3) is 10.9 Å². The van der Waals surface area contributed by atoms with Gasteiger partial charge in [0.15, 0.2) is 0 Å². The first-order valence-corrected chi connectivity index (χ1v) is 7.37. The highest BCUT2D eigenvalue weighted by atomic mass is 15.3. The standard InChI is InChI=1S/C16H25N3/c1-4-10-17-12-15-14-7-5-6-8-16(14)19(18-15)11-9-13(2)3/h5-8,13,17H,4,9-12H2,1-3H3. The van der Waals surface area contributed by atoms with Crippen LogP contribution in [0.5, 0.6) is 0 Å². The fourth-order valence-corrected chi connectivity index (χ4v) is 2.26. The molecule has 2 rings (SSSR count). The SMILES string of the molecule is CCCNCc1nn(CCC(C)C)c2ccccc12. The Kier molecular flexibility index (Phi) is 4.97. The minimum absolute atomic E-state index is 0.713. The number of hydrogen-bond donors (Lipinski definition) is 1. The maximum absolute atomic E-state index is 4.79. The summed E-state index contributed by atoms with van der Waals surface area (Å²) >= 11 is 0. The van der Waals surface area contributed by atoms with Gasteiger partial charge in [0.2, 0.25) is 0 Å². The molecule has 0 spiro atoms. The van der Waals surface area contributed by atoms with Crippen molar-refractivity contribution in [1.82, 2.24) is 15.1 Å². The van der Waals surface area contributed by atoms with E-state index >= 15 is 0 Å². The number of nitrogens with zero attached hydrogens (tertiary/aromatic N) is 2. The van der Waals surface area contributed by atoms with E-state index in [0.29, 0.717) is 5.92 Å². The Hall–Kier alpha value is -1.35. The minimum atomic E-state index is 0.713. The fourth-order valence-electron chi connectivity index (χ4n) is 2.26. The van der Waals surface area contributed by atoms with Gasteiger partial charge in [0, 0.05) is 18.5 Å². The number of aromatic nitrogens is 2. The van der Waals surface area contributed by atoms with Crippen molar-refractivity contribution >= 4 is 10.9 Å². The molecule has 0 fully saturated rings. The van der Waals surface area contributed by atoms with Crippen molar-refractivity contribution in [3.63, 3.8) is 0 Å². The molecule has 0 bridgehead atoms. The van der Waals surface area contributed by atoms with Crippen LogP contribution >= 0.6 is 0 Å². The van der Waals surface area contributed by atoms with Crippen LogP contribution in [0.3, 0.4) is 0 Å². The summed E-state index contributed by atoms with van der Waals surface area (Å²) in [7, 11) is 0. The van der Waals surface area contributed by atoms with Crippen LogP contribution in [0.1, 0.15) is 39.3 Å². The molecule has 0 saturated heterocycles. The first kappa shape index (κ1) is 14.1. The molecule has 0 atom stereocenters. The summed E-state index contributed by atoms with van der Waals surface area (Å²) in [5, 5.41) is 9.52. The van der Waals surface area contributed by atoms with Crippen molar-refractivity contribution in [2.24, 2.45) is 5.92 Å². The highest BCUT2D eigenvalue weighted by molar-refractivity contribution is 5.81. The average molecular weight is 259 g/mol. The summed E-state index contributed by atoms with van der Waals surface area (Å²) in [6, 6.07) is 8.54. The Balaban J connectivity index is 2.21. The first-order chi connectivity index (χ1) is 9.22. The molecule has 1 aromatic carbocycles. The third-order valence-electron chi connectivity index (χ3n) is 3.37. The molecule has 0 aliphatic rings. The van der Waals surface area contributed by atoms with Gasteiger partial charge in [-0.2, -0.15) is 5.10 Å². The molecular weight excluding hydrogens is 234 g/mol. The van der Waals surface area contributed by atoms with E-state index in [4.69, 9.17) is 5.10 Å². The van der Waals surface area contributed by atoms with E-state index in [1.54, 1.807) is 0 Å². The van der Waals surface area contributed by atoms with E-state index in [-0.39, 0.29) is 0 Å². The molecule has 3 nitrogen and oxygen atoms in total. The summed E-state index contributed by atoms with van der Waals surface area (Å²) in [6.45, 7) is 9.62. The lowest BCUT2D eigenvalue weighted by Gasteiger charge is -2.05. The second-order valence-electron chi connectivity index (χ2n) is 5.55. The van der Waals surface area contributed by atoms with Crippen molar-refractivity contribution in [1.29, 1.82) is 0 Å². The lowest BCUT2D eigenvalue weighted by molar-refractivity contribution is 0.491. The number of benzene rings is 1. The van der Waals surface area contributed by atoms with Gasteiger partial charge < -0.3 is 5.32 Å². The summed E-state index contributed by atoms with van der Waals surface area (Å²) < 4.78 is 2.16. The summed E-state index contributed by atoms with van der Waals surface area (Å²) in [4.78, 5) is 0. The van der Waals surface area contributed by atoms with Crippen molar-refractivity contribution in [2.45, 2.75) is 46.7 Å². The Morgan fingerprint density at radius 1 is 1.26 bits per heavy atom. The average Bonchev–Trinajstić information content (AvgIpc) is 2.76. The van der Waals surface area contributed by atoms with E-state index in [9.17, 15) is 0 Å². The van der Waals surface area contributed by atoms with Crippen molar-refractivity contribution < 1.29 is 0 Å². The predicted octanol–water partition coefficient (Wildman–Crippen LogP) is 3.58. The third-order valence-corrected chi connectivity index (χ3v) is 3.37. The number of fused-ring (bicyclic) bond motifs is 1. The number of rotatable bonds is 7. The second-order valence-corrected chi connectivity index (χ2v) is 5.55. The molecule has 0 aliphatic carbocycles. The zero-order valence-corrected chi connectivity index (χ0v) is 12.3. The lowest BCUT2D eigenvalue weighted by Crippen LogP contribution is -2.14. The maximum Gasteiger partial charge on any atom is 0.0841 e. The Morgan fingerprint density at radius 3 is 2.79 bits per heavy atom. The van der Waals surface area contributed by atoms with Gasteiger partial charge in [0.25, 0.3) is 0 Å². The molecule has 2 aromatic rings. The molecular formula is C16H25N3. The van der Waals surface area contributed by atoms with Gasteiger partial charge in [-0.05, 0) is 31.4 Å². The number of hydrogen-bond acceptors (Lipinski definition) is 2. The largest absolute Gasteiger partial charge is 0.311 e. The minimum Gasteiger partial charge on any atom is -0.311 e. The van der Waals surface area contributed by atoms with Gasteiger partial charge >= 0.3 is 0 Å². The molecule has 1 heterocycles. The number of aryl methyl sites for hydroxylation is 1. The second kappa shape index (κ2) is 6.71. The summed E-state index contributed by atoms with van der Waals surface area (Å²) in [5.74, 6) is 0.713. The maximum atomic E-state index is 4.79. The molecule has 1 N–H and O–H groups in total. The van der Waals surface area contributed by atoms with Crippen LogP contribution in [0, 0.1) is 5.92 Å². The monoisotopic (exact) mass is 259 g/mol. The quantitative estimate of drug-likeness (QED) is 0.770. The van der Waals surface area contributed by atoms with Gasteiger partial charge in [-0.25, -0.2) is 0 Å². The summed E-state index contributed by atoms with van der Waals surface area (Å²) in [6.07, 6.45) is 2.33. The van der Waals surface area contributed by atoms with Crippen molar-refractivity contribution in [2.75, 3.05) is 6.54 Å². The van der Waals surface area contributed by atoms with Crippen molar-refractivity contribution in [3.05, 3.63) is 30.0 Å². The third kappa shape index (κ3) is 3.57. The Morgan fingerprint density at radius 2 is 2.05 bits per heavy atom. The van der Waals surface area contributed by atoms with E-state index in [1.807, 2.05) is 0 Å². The highest BCUT2D eigenvalue weighted by Crippen LogP contribution is 2.19. The molecule has 1 aromatic heterocycles. The fraction of sp³-hybridized carbons (Fsp3) is 0.562. The van der Waals surface area contributed by atoms with E-state index in [1.165, 1.54) is 23.0 Å². The van der Waals surface area contributed by atoms with Crippen LogP contribution in [-0.4, -0.2) is 16.3 Å². The molecule has 19 heavy (non-hydrogen) atoms. The molecule has 0 radical (unpaired) electrons. The molecule has 0 aliphatic heterocycles. The normalized spacial score (nSPS) is 11.6. The van der Waals surface area contributed by atoms with Gasteiger partial charge in [-0.1, -0.05) is 39.0 Å². The molecule has 3 heteroatoms. The Bertz CT molecular complexity index is 514. The van der Waals surface area contributed by atoms with Crippen LogP contribution in [0.2, 0.25) is 0 Å². The number of nitrogens with one attached hydrogen (secondary N) is 1. The van der Waals surface area contributed by atoms with E-state index in [0.717, 1.165) is 26.1 Å². The lowest BCUT2D eigenvalue weighted by atomic mass is 10.1. The van der Waals surface area contributed by atoms with Crippen LogP contribution in [0.4, 0.5) is 0 Å². The predicted molar refractivity (Wildman–Crippen MR) is 81.2 cm³/mol. The molecule has 0 amide bonds. The van der Waals surface area contributed by atoms with E-state index in [2.05, 4.69) is 55.0 Å². The zero-order chi connectivity index (χ0) is 13.7. The van der Waals surface area contributed by atoms with Crippen LogP contribution in [-0.2, 0) is 13.1 Å². The Labute approximate surface area is 116 Å². The molecule has 104 valence electrons. The van der Waals surface area contributed by atoms with Crippen molar-refractivity contribution in [3.8, 4) is 0 Å². The van der Waals surface area contributed by atoms with Gasteiger partial charge in [0.05, 0.1) is 11.2 Å². The van der Waals surface area contributed by atoms with Gasteiger partial charge in [0.1, 0.15) is 0 Å². The van der Waals surface area contributed by atoms with Gasteiger partial charge in [-0.3, -0.25) is 4.68 Å². The molecule has 0 unspecified atom stereocenters. The highest BCUT2D eigenvalue weighted by Gasteiger charge is 2.09. The zero-order valence-electron chi connectivity index (χ0n) is 12.3. The molecule has 0 saturated carbocycles. The van der Waals surface area contributed by atoms with Crippen LogP contribution in [0.15, 0.2) is 24.3 Å². The van der Waals surface area contributed by atoms with Crippen LogP contribution < -0.4 is 5.32 Å².